The summed E-state index contributed by atoms with van der Waals surface area (Å²) in [4.78, 5) is 10.3. The molecule has 0 aromatic carbocycles. The van der Waals surface area contributed by atoms with Crippen molar-refractivity contribution in [3.8, 4) is 0 Å². The molecule has 0 atom stereocenters. The number of hydrogen-bond donors (Lipinski definition) is 1. The van der Waals surface area contributed by atoms with Crippen LogP contribution in [0.1, 0.15) is 32.1 Å². The highest BCUT2D eigenvalue weighted by Crippen LogP contribution is 2.14. The maximum atomic E-state index is 11.7. The molecule has 0 aliphatic carbocycles. The second-order valence-electron chi connectivity index (χ2n) is 3.77. The molecule has 15 heavy (non-hydrogen) atoms. The Hall–Kier alpha value is -0.620. The van der Waals surface area contributed by atoms with Crippen LogP contribution in [0.3, 0.4) is 0 Å². The van der Waals surface area contributed by atoms with E-state index in [4.69, 9.17) is 5.11 Å². The van der Waals surface area contributed by atoms with E-state index < -0.39 is 16.0 Å². The van der Waals surface area contributed by atoms with Crippen molar-refractivity contribution in [2.24, 2.45) is 0 Å². The van der Waals surface area contributed by atoms with E-state index in [0.717, 1.165) is 25.7 Å². The Morgan fingerprint density at radius 2 is 1.67 bits per heavy atom. The lowest BCUT2D eigenvalue weighted by atomic mass is 10.2. The normalized spacial score (nSPS) is 19.7. The summed E-state index contributed by atoms with van der Waals surface area (Å²) >= 11 is 0. The molecule has 5 nitrogen and oxygen atoms in total. The van der Waals surface area contributed by atoms with E-state index in [0.29, 0.717) is 13.1 Å². The lowest BCUT2D eigenvalue weighted by molar-refractivity contribution is -0.136. The Kier molecular flexibility index (Phi) is 4.53. The van der Waals surface area contributed by atoms with Crippen LogP contribution in [0.4, 0.5) is 0 Å². The van der Waals surface area contributed by atoms with Crippen molar-refractivity contribution < 1.29 is 18.3 Å². The fourth-order valence-corrected chi connectivity index (χ4v) is 3.17. The van der Waals surface area contributed by atoms with Crippen molar-refractivity contribution in [3.05, 3.63) is 0 Å². The van der Waals surface area contributed by atoms with E-state index in [1.165, 1.54) is 4.31 Å². The molecule has 1 aliphatic rings. The fourth-order valence-electron chi connectivity index (χ4n) is 1.67. The van der Waals surface area contributed by atoms with Crippen molar-refractivity contribution in [2.45, 2.75) is 32.1 Å². The van der Waals surface area contributed by atoms with Gasteiger partial charge in [-0.2, -0.15) is 0 Å². The first kappa shape index (κ1) is 12.4. The Morgan fingerprint density at radius 3 is 2.13 bits per heavy atom. The number of sulfonamides is 1. The molecule has 0 aromatic heterocycles. The molecule has 0 spiro atoms. The zero-order valence-electron chi connectivity index (χ0n) is 8.68. The first-order valence-electron chi connectivity index (χ1n) is 5.22. The first-order chi connectivity index (χ1) is 7.02. The van der Waals surface area contributed by atoms with Gasteiger partial charge in [-0.1, -0.05) is 12.8 Å². The minimum absolute atomic E-state index is 0.275. The molecule has 1 rings (SSSR count). The molecule has 0 aromatic rings. The third kappa shape index (κ3) is 4.17. The second-order valence-corrected chi connectivity index (χ2v) is 5.86. The van der Waals surface area contributed by atoms with E-state index in [-0.39, 0.29) is 12.2 Å². The van der Waals surface area contributed by atoms with E-state index >= 15 is 0 Å². The van der Waals surface area contributed by atoms with Crippen molar-refractivity contribution in [1.82, 2.24) is 4.31 Å². The van der Waals surface area contributed by atoms with Gasteiger partial charge in [-0.25, -0.2) is 12.7 Å². The van der Waals surface area contributed by atoms with E-state index in [1.54, 1.807) is 0 Å². The number of rotatable bonds is 4. The molecule has 1 aliphatic heterocycles. The summed E-state index contributed by atoms with van der Waals surface area (Å²) in [5, 5.41) is 8.45. The van der Waals surface area contributed by atoms with Crippen LogP contribution in [0.2, 0.25) is 0 Å². The van der Waals surface area contributed by atoms with Gasteiger partial charge in [0, 0.05) is 13.1 Å². The van der Waals surface area contributed by atoms with Crippen molar-refractivity contribution >= 4 is 16.0 Å². The van der Waals surface area contributed by atoms with E-state index in [9.17, 15) is 13.2 Å². The van der Waals surface area contributed by atoms with Crippen molar-refractivity contribution in [3.63, 3.8) is 0 Å². The van der Waals surface area contributed by atoms with Gasteiger partial charge in [-0.15, -0.1) is 0 Å². The fraction of sp³-hybridized carbons (Fsp3) is 0.889. The highest BCUT2D eigenvalue weighted by molar-refractivity contribution is 7.89. The molecular formula is C9H17NO4S. The number of carboxylic acid groups (broad SMARTS) is 1. The van der Waals surface area contributed by atoms with Crippen LogP contribution >= 0.6 is 0 Å². The predicted molar refractivity (Wildman–Crippen MR) is 56.1 cm³/mol. The summed E-state index contributed by atoms with van der Waals surface area (Å²) in [5.41, 5.74) is 0. The highest BCUT2D eigenvalue weighted by atomic mass is 32.2. The quantitative estimate of drug-likeness (QED) is 0.777. The van der Waals surface area contributed by atoms with Gasteiger partial charge in [0.2, 0.25) is 10.0 Å². The standard InChI is InChI=1S/C9H17NO4S/c11-9(12)5-8-15(13,14)10-6-3-1-2-4-7-10/h1-8H2,(H,11,12). The maximum absolute atomic E-state index is 11.7. The molecule has 1 fully saturated rings. The Morgan fingerprint density at radius 1 is 1.13 bits per heavy atom. The van der Waals surface area contributed by atoms with Crippen LogP contribution in [-0.2, 0) is 14.8 Å². The van der Waals surface area contributed by atoms with E-state index in [1.807, 2.05) is 0 Å². The summed E-state index contributed by atoms with van der Waals surface area (Å²) < 4.78 is 24.8. The van der Waals surface area contributed by atoms with Gasteiger partial charge >= 0.3 is 5.97 Å². The highest BCUT2D eigenvalue weighted by Gasteiger charge is 2.23. The largest absolute Gasteiger partial charge is 0.481 e. The molecule has 0 saturated carbocycles. The number of carbonyl (C=O) groups is 1. The number of carboxylic acids is 1. The molecule has 1 saturated heterocycles. The Labute approximate surface area is 90.1 Å². The van der Waals surface area contributed by atoms with Gasteiger partial charge in [0.15, 0.2) is 0 Å². The molecule has 88 valence electrons. The molecular weight excluding hydrogens is 218 g/mol. The lowest BCUT2D eigenvalue weighted by Crippen LogP contribution is -2.34. The minimum atomic E-state index is -3.35. The molecule has 0 amide bonds. The second kappa shape index (κ2) is 5.46. The number of nitrogens with zero attached hydrogens (tertiary/aromatic N) is 1. The predicted octanol–water partition coefficient (Wildman–Crippen LogP) is 0.667. The van der Waals surface area contributed by atoms with Crippen LogP contribution in [0.5, 0.6) is 0 Å². The lowest BCUT2D eigenvalue weighted by Gasteiger charge is -2.19. The monoisotopic (exact) mass is 235 g/mol. The third-order valence-electron chi connectivity index (χ3n) is 2.53. The third-order valence-corrected chi connectivity index (χ3v) is 4.40. The van der Waals surface area contributed by atoms with Crippen molar-refractivity contribution in [1.29, 1.82) is 0 Å². The smallest absolute Gasteiger partial charge is 0.304 e. The van der Waals surface area contributed by atoms with Crippen LogP contribution in [-0.4, -0.2) is 42.6 Å². The summed E-state index contributed by atoms with van der Waals surface area (Å²) in [6.45, 7) is 1.09. The van der Waals surface area contributed by atoms with Crippen molar-refractivity contribution in [2.75, 3.05) is 18.8 Å². The summed E-state index contributed by atoms with van der Waals surface area (Å²) in [6, 6.07) is 0. The van der Waals surface area contributed by atoms with Gasteiger partial charge in [-0.3, -0.25) is 4.79 Å². The average Bonchev–Trinajstić information content (AvgIpc) is 2.43. The van der Waals surface area contributed by atoms with Crippen LogP contribution in [0.25, 0.3) is 0 Å². The molecule has 0 radical (unpaired) electrons. The molecule has 0 unspecified atom stereocenters. The number of aliphatic carboxylic acids is 1. The SMILES string of the molecule is O=C(O)CCS(=O)(=O)N1CCCCCC1. The Bertz CT molecular complexity index is 304. The van der Waals surface area contributed by atoms with Gasteiger partial charge in [0.05, 0.1) is 12.2 Å². The van der Waals surface area contributed by atoms with Gasteiger partial charge in [0.1, 0.15) is 0 Å². The van der Waals surface area contributed by atoms with Crippen LogP contribution < -0.4 is 0 Å². The summed E-state index contributed by atoms with van der Waals surface area (Å²) in [5.74, 6) is -1.34. The zero-order chi connectivity index (χ0) is 11.3. The van der Waals surface area contributed by atoms with E-state index in [2.05, 4.69) is 0 Å². The Balaban J connectivity index is 2.54. The molecule has 6 heteroatoms. The summed E-state index contributed by atoms with van der Waals surface area (Å²) in [6.07, 6.45) is 3.58. The first-order valence-corrected chi connectivity index (χ1v) is 6.83. The topological polar surface area (TPSA) is 74.7 Å². The van der Waals surface area contributed by atoms with Gasteiger partial charge in [-0.05, 0) is 12.8 Å². The average molecular weight is 235 g/mol. The van der Waals surface area contributed by atoms with Gasteiger partial charge in [0.25, 0.3) is 0 Å². The van der Waals surface area contributed by atoms with Gasteiger partial charge < -0.3 is 5.11 Å². The molecule has 1 heterocycles. The molecule has 0 bridgehead atoms. The minimum Gasteiger partial charge on any atom is -0.481 e. The van der Waals surface area contributed by atoms with Crippen LogP contribution in [0, 0.1) is 0 Å². The van der Waals surface area contributed by atoms with Crippen LogP contribution in [0.15, 0.2) is 0 Å². The maximum Gasteiger partial charge on any atom is 0.304 e. The molecule has 1 N–H and O–H groups in total. The summed E-state index contributed by atoms with van der Waals surface area (Å²) in [7, 11) is -3.35. The number of hydrogen-bond acceptors (Lipinski definition) is 3. The zero-order valence-corrected chi connectivity index (χ0v) is 9.50.